The van der Waals surface area contributed by atoms with E-state index in [4.69, 9.17) is 4.74 Å². The molecule has 7 aliphatic rings. The molecule has 0 bridgehead atoms. The van der Waals surface area contributed by atoms with Gasteiger partial charge in [-0.15, -0.1) is 0 Å². The zero-order valence-electron chi connectivity index (χ0n) is 71.4. The molecule has 5 nitrogen and oxygen atoms in total. The third-order valence-corrected chi connectivity index (χ3v) is 26.4. The molecule has 3 aliphatic carbocycles. The van der Waals surface area contributed by atoms with Crippen LogP contribution in [0.15, 0.2) is 263 Å². The molecule has 4 unspecified atom stereocenters. The number of para-hydroxylation sites is 1. The standard InChI is InChI=1S/C104H118B2N4OS/c1-97(2,3)66-31-29-65(30-32-66)81-27-25-26-28-86(81)110-88-64-93-85(63-83(88)105-84-58-73(104(22,23)24)44-56-91(84)111-92-61-79(59-89(110)95(92)105)107(74-45-33-67(34-46-74)98(4,5)6)75-47-35-68(36-48-75)99(7,8)9)106-82-57-72(103(19,20)21)43-55-87(82)109(78-53-41-71(42-54-78)102(16,17)18)90-60-80(62-94(112-93)96(90)106)108(76-49-37-69(38-50-76)100(10,11)12)77-51-39-70(40-52-77)101(13,14)15/h25-35,37-53,55-64,68,78,89,95H,36,54H2,1-24H3. The number of fused-ring (bicyclic) bond motifs is 8. The van der Waals surface area contributed by atoms with E-state index in [0.29, 0.717) is 5.92 Å². The van der Waals surface area contributed by atoms with Crippen molar-refractivity contribution in [3.8, 4) is 16.9 Å². The van der Waals surface area contributed by atoms with Crippen molar-refractivity contribution in [3.63, 3.8) is 0 Å². The van der Waals surface area contributed by atoms with E-state index >= 15 is 0 Å². The maximum Gasteiger partial charge on any atom is 0.249 e. The summed E-state index contributed by atoms with van der Waals surface area (Å²) >= 11 is 1.98. The van der Waals surface area contributed by atoms with Gasteiger partial charge in [0.25, 0.3) is 0 Å². The number of rotatable bonds is 9. The molecule has 0 spiro atoms. The number of allylic oxidation sites excluding steroid dienone is 6. The zero-order valence-corrected chi connectivity index (χ0v) is 72.2. The van der Waals surface area contributed by atoms with Crippen LogP contribution in [0.4, 0.5) is 45.5 Å². The molecule has 0 N–H and O–H groups in total. The molecule has 9 aromatic carbocycles. The van der Waals surface area contributed by atoms with Gasteiger partial charge < -0.3 is 24.3 Å². The normalized spacial score (nSPS) is 18.8. The Morgan fingerprint density at radius 1 is 0.402 bits per heavy atom. The smallest absolute Gasteiger partial charge is 0.249 e. The molecule has 0 aromatic heterocycles. The SMILES string of the molecule is CC(C)(C)C1=CCC(N2c3ccc(C(C)(C)C)cc3B3c4cc5c(cc4Sc4cc(N(c6ccc(C(C)(C)C)cc6)c6ccc(C(C)(C)C)cc6)cc2c43)N(c2ccccc2-c2ccc(C(C)(C)C)cc2)C2C=C(N(C3=CCC(C(C)(C)C)C=C3)c3ccc(C(C)(C)C)cc3)C=C3Oc4ccc(C(C)(C)C)cc4B5C32)C=C1. The van der Waals surface area contributed by atoms with Gasteiger partial charge in [0, 0.05) is 78.1 Å². The largest absolute Gasteiger partial charge is 0.463 e. The number of hydrogen-bond acceptors (Lipinski definition) is 6. The second-order valence-corrected chi connectivity index (χ2v) is 42.6. The highest BCUT2D eigenvalue weighted by Crippen LogP contribution is 2.54. The van der Waals surface area contributed by atoms with Crippen LogP contribution in [0.5, 0.6) is 5.75 Å². The van der Waals surface area contributed by atoms with Gasteiger partial charge in [-0.25, -0.2) is 0 Å². The van der Waals surface area contributed by atoms with Gasteiger partial charge in [0.05, 0.1) is 12.1 Å². The molecule has 0 saturated carbocycles. The molecule has 572 valence electrons. The van der Waals surface area contributed by atoms with E-state index in [1.165, 1.54) is 116 Å². The highest BCUT2D eigenvalue weighted by Gasteiger charge is 2.54. The Morgan fingerprint density at radius 2 is 0.938 bits per heavy atom. The molecule has 0 saturated heterocycles. The molecule has 9 aromatic rings. The average Bonchev–Trinajstić information content (AvgIpc) is 0.690. The lowest BCUT2D eigenvalue weighted by Gasteiger charge is -2.51. The minimum absolute atomic E-state index is 0.0129. The van der Waals surface area contributed by atoms with Crippen LogP contribution in [0, 0.1) is 16.7 Å². The lowest BCUT2D eigenvalue weighted by Crippen LogP contribution is -2.65. The van der Waals surface area contributed by atoms with Crippen molar-refractivity contribution in [2.75, 3.05) is 19.6 Å². The van der Waals surface area contributed by atoms with Gasteiger partial charge in [-0.1, -0.05) is 328 Å². The number of hydrogen-bond donors (Lipinski definition) is 0. The first-order valence-electron chi connectivity index (χ1n) is 41.5. The third kappa shape index (κ3) is 14.0. The summed E-state index contributed by atoms with van der Waals surface area (Å²) in [7, 11) is 0. The molecule has 0 fully saturated rings. The van der Waals surface area contributed by atoms with E-state index < -0.39 is 0 Å². The minimum atomic E-state index is -0.226. The molecule has 0 radical (unpaired) electrons. The topological polar surface area (TPSA) is 22.2 Å². The number of ether oxygens (including phenoxy) is 1. The fourth-order valence-corrected chi connectivity index (χ4v) is 19.6. The Bertz CT molecular complexity index is 5340. The molecule has 8 heteroatoms. The minimum Gasteiger partial charge on any atom is -0.463 e. The Hall–Kier alpha value is -9.10. The predicted octanol–water partition coefficient (Wildman–Crippen LogP) is 25.0. The maximum absolute atomic E-state index is 7.78. The fraction of sp³-hybridized carbons (Fsp3) is 0.365. The summed E-state index contributed by atoms with van der Waals surface area (Å²) in [5, 5.41) is 0. The predicted molar refractivity (Wildman–Crippen MR) is 486 cm³/mol. The van der Waals surface area contributed by atoms with Crippen molar-refractivity contribution in [1.82, 2.24) is 0 Å². The first-order chi connectivity index (χ1) is 52.6. The lowest BCUT2D eigenvalue weighted by molar-refractivity contribution is 0.293. The van der Waals surface area contributed by atoms with Gasteiger partial charge in [0.15, 0.2) is 0 Å². The number of anilines is 8. The van der Waals surface area contributed by atoms with Crippen molar-refractivity contribution in [2.45, 2.75) is 239 Å². The van der Waals surface area contributed by atoms with Gasteiger partial charge >= 0.3 is 0 Å². The Morgan fingerprint density at radius 3 is 1.46 bits per heavy atom. The highest BCUT2D eigenvalue weighted by molar-refractivity contribution is 8.00. The molecule has 4 atom stereocenters. The summed E-state index contributed by atoms with van der Waals surface area (Å²) in [6.45, 7) is 56.1. The summed E-state index contributed by atoms with van der Waals surface area (Å²) in [6, 6.07) is 72.2. The maximum atomic E-state index is 7.78. The molecular weight excluding hydrogens is 1370 g/mol. The molecule has 16 rings (SSSR count). The van der Waals surface area contributed by atoms with Crippen LogP contribution in [-0.2, 0) is 32.5 Å². The lowest BCUT2D eigenvalue weighted by atomic mass is 9.28. The molecule has 112 heavy (non-hydrogen) atoms. The van der Waals surface area contributed by atoms with Crippen LogP contribution in [0.2, 0.25) is 5.82 Å². The van der Waals surface area contributed by atoms with Gasteiger partial charge in [0.2, 0.25) is 13.4 Å². The van der Waals surface area contributed by atoms with Gasteiger partial charge in [-0.3, -0.25) is 0 Å². The average molecular weight is 1490 g/mol. The van der Waals surface area contributed by atoms with Crippen LogP contribution >= 0.6 is 11.8 Å². The fourth-order valence-electron chi connectivity index (χ4n) is 18.4. The van der Waals surface area contributed by atoms with Crippen LogP contribution < -0.4 is 51.7 Å². The van der Waals surface area contributed by atoms with E-state index in [2.05, 4.69) is 416 Å². The second kappa shape index (κ2) is 27.3. The van der Waals surface area contributed by atoms with E-state index in [1.54, 1.807) is 0 Å². The van der Waals surface area contributed by atoms with Crippen molar-refractivity contribution >= 4 is 98.0 Å². The van der Waals surface area contributed by atoms with Gasteiger partial charge in [-0.2, -0.15) is 0 Å². The van der Waals surface area contributed by atoms with Gasteiger partial charge in [0.1, 0.15) is 11.5 Å². The number of benzene rings is 9. The first kappa shape index (κ1) is 76.9. The van der Waals surface area contributed by atoms with E-state index in [0.717, 1.165) is 52.8 Å². The van der Waals surface area contributed by atoms with Crippen molar-refractivity contribution in [1.29, 1.82) is 0 Å². The monoisotopic (exact) mass is 1490 g/mol. The Balaban J connectivity index is 0.991. The molecule has 0 amide bonds. The Labute approximate surface area is 677 Å². The van der Waals surface area contributed by atoms with Crippen LogP contribution in [-0.4, -0.2) is 25.5 Å². The van der Waals surface area contributed by atoms with Crippen molar-refractivity contribution < 1.29 is 4.74 Å². The van der Waals surface area contributed by atoms with Gasteiger partial charge in [-0.05, 0) is 214 Å². The zero-order chi connectivity index (χ0) is 79.6. The van der Waals surface area contributed by atoms with Crippen molar-refractivity contribution in [2.24, 2.45) is 16.7 Å². The first-order valence-corrected chi connectivity index (χ1v) is 42.3. The van der Waals surface area contributed by atoms with E-state index in [-0.39, 0.29) is 74.6 Å². The highest BCUT2D eigenvalue weighted by atomic mass is 32.2. The second-order valence-electron chi connectivity index (χ2n) is 41.5. The summed E-state index contributed by atoms with van der Waals surface area (Å²) in [5.41, 5.74) is 29.9. The molecular formula is C104H118B2N4OS. The third-order valence-electron chi connectivity index (χ3n) is 25.3. The van der Waals surface area contributed by atoms with Crippen LogP contribution in [0.1, 0.15) is 212 Å². The quantitative estimate of drug-likeness (QED) is 0.133. The Kier molecular flexibility index (Phi) is 18.7. The number of nitrogens with zero attached hydrogens (tertiary/aromatic N) is 4. The summed E-state index contributed by atoms with van der Waals surface area (Å²) in [4.78, 5) is 13.2. The summed E-state index contributed by atoms with van der Waals surface area (Å²) in [6.07, 6.45) is 21.8. The summed E-state index contributed by atoms with van der Waals surface area (Å²) in [5.74, 6) is 2.19. The van der Waals surface area contributed by atoms with E-state index in [9.17, 15) is 0 Å². The van der Waals surface area contributed by atoms with Crippen LogP contribution in [0.25, 0.3) is 11.1 Å². The van der Waals surface area contributed by atoms with Crippen molar-refractivity contribution in [3.05, 3.63) is 287 Å². The molecule has 4 heterocycles. The van der Waals surface area contributed by atoms with Crippen LogP contribution in [0.3, 0.4) is 0 Å². The van der Waals surface area contributed by atoms with E-state index in [1.807, 2.05) is 11.8 Å². The summed E-state index contributed by atoms with van der Waals surface area (Å²) < 4.78 is 7.78. The molecule has 4 aliphatic heterocycles.